The highest BCUT2D eigenvalue weighted by Gasteiger charge is 2.04. The minimum Gasteiger partial charge on any atom is -0.301 e. The molecule has 0 amide bonds. The second-order valence-electron chi connectivity index (χ2n) is 3.16. The van der Waals surface area contributed by atoms with Crippen LogP contribution in [0.15, 0.2) is 18.2 Å². The molecule has 0 fully saturated rings. The summed E-state index contributed by atoms with van der Waals surface area (Å²) in [6.45, 7) is 1.81. The second-order valence-corrected chi connectivity index (χ2v) is 4.80. The molecule has 0 N–H and O–H groups in total. The number of rotatable bonds is 4. The van der Waals surface area contributed by atoms with E-state index in [9.17, 15) is 0 Å². The van der Waals surface area contributed by atoms with E-state index in [0.717, 1.165) is 34.0 Å². The average Bonchev–Trinajstić information content (AvgIpc) is 2.12. The summed E-state index contributed by atoms with van der Waals surface area (Å²) in [5.41, 5.74) is 1.07. The fourth-order valence-electron chi connectivity index (χ4n) is 1.18. The summed E-state index contributed by atoms with van der Waals surface area (Å²) in [6, 6.07) is 5.55. The van der Waals surface area contributed by atoms with Gasteiger partial charge in [0.1, 0.15) is 0 Å². The SMILES string of the molecule is CN(CCBr)Cc1cc(Cl)ccc1Cl. The van der Waals surface area contributed by atoms with Crippen molar-refractivity contribution in [3.8, 4) is 0 Å². The molecule has 0 saturated heterocycles. The Kier molecular flexibility index (Phi) is 5.24. The standard InChI is InChI=1S/C10H12BrCl2N/c1-14(5-4-11)7-8-6-9(12)2-3-10(8)13/h2-3,6H,4-5,7H2,1H3. The smallest absolute Gasteiger partial charge is 0.0452 e. The van der Waals surface area contributed by atoms with Gasteiger partial charge in [-0.1, -0.05) is 39.1 Å². The molecule has 0 atom stereocenters. The highest BCUT2D eigenvalue weighted by molar-refractivity contribution is 9.09. The Labute approximate surface area is 103 Å². The van der Waals surface area contributed by atoms with Gasteiger partial charge in [-0.3, -0.25) is 0 Å². The maximum Gasteiger partial charge on any atom is 0.0452 e. The quantitative estimate of drug-likeness (QED) is 0.764. The third-order valence-electron chi connectivity index (χ3n) is 1.91. The van der Waals surface area contributed by atoms with Crippen LogP contribution in [0.1, 0.15) is 5.56 Å². The summed E-state index contributed by atoms with van der Waals surface area (Å²) in [7, 11) is 2.05. The molecule has 0 heterocycles. The van der Waals surface area contributed by atoms with Crippen LogP contribution in [0.2, 0.25) is 10.0 Å². The Hall–Kier alpha value is 0.240. The molecule has 1 aromatic rings. The van der Waals surface area contributed by atoms with Gasteiger partial charge in [0.05, 0.1) is 0 Å². The number of benzene rings is 1. The van der Waals surface area contributed by atoms with Crippen molar-refractivity contribution in [2.24, 2.45) is 0 Å². The van der Waals surface area contributed by atoms with Crippen molar-refractivity contribution in [1.29, 1.82) is 0 Å². The maximum atomic E-state index is 6.04. The van der Waals surface area contributed by atoms with Gasteiger partial charge in [-0.2, -0.15) is 0 Å². The molecule has 78 valence electrons. The first-order valence-electron chi connectivity index (χ1n) is 4.32. The highest BCUT2D eigenvalue weighted by Crippen LogP contribution is 2.21. The molecule has 4 heteroatoms. The molecule has 0 aromatic heterocycles. The van der Waals surface area contributed by atoms with Gasteiger partial charge in [0, 0.05) is 28.5 Å². The van der Waals surface area contributed by atoms with Crippen molar-refractivity contribution < 1.29 is 0 Å². The van der Waals surface area contributed by atoms with Crippen LogP contribution in [-0.4, -0.2) is 23.8 Å². The van der Waals surface area contributed by atoms with Gasteiger partial charge >= 0.3 is 0 Å². The Morgan fingerprint density at radius 2 is 2.07 bits per heavy atom. The summed E-state index contributed by atoms with van der Waals surface area (Å²) in [6.07, 6.45) is 0. The lowest BCUT2D eigenvalue weighted by Gasteiger charge is -2.16. The van der Waals surface area contributed by atoms with E-state index in [0.29, 0.717) is 0 Å². The van der Waals surface area contributed by atoms with Crippen molar-refractivity contribution >= 4 is 39.1 Å². The first-order valence-corrected chi connectivity index (χ1v) is 6.19. The van der Waals surface area contributed by atoms with E-state index < -0.39 is 0 Å². The van der Waals surface area contributed by atoms with Crippen molar-refractivity contribution in [2.75, 3.05) is 18.9 Å². The Bertz CT molecular complexity index is 304. The van der Waals surface area contributed by atoms with Crippen LogP contribution < -0.4 is 0 Å². The lowest BCUT2D eigenvalue weighted by molar-refractivity contribution is 0.349. The van der Waals surface area contributed by atoms with Gasteiger partial charge < -0.3 is 4.90 Å². The number of halogens is 3. The zero-order valence-corrected chi connectivity index (χ0v) is 11.0. The van der Waals surface area contributed by atoms with Crippen molar-refractivity contribution in [3.05, 3.63) is 33.8 Å². The van der Waals surface area contributed by atoms with Crippen molar-refractivity contribution in [1.82, 2.24) is 4.90 Å². The number of hydrogen-bond acceptors (Lipinski definition) is 1. The van der Waals surface area contributed by atoms with Crippen LogP contribution >= 0.6 is 39.1 Å². The highest BCUT2D eigenvalue weighted by atomic mass is 79.9. The molecule has 1 nitrogen and oxygen atoms in total. The average molecular weight is 297 g/mol. The lowest BCUT2D eigenvalue weighted by Crippen LogP contribution is -2.20. The molecule has 0 spiro atoms. The van der Waals surface area contributed by atoms with Gasteiger partial charge in [-0.25, -0.2) is 0 Å². The molecular weight excluding hydrogens is 285 g/mol. The van der Waals surface area contributed by atoms with Crippen LogP contribution in [0, 0.1) is 0 Å². The van der Waals surface area contributed by atoms with Gasteiger partial charge in [-0.15, -0.1) is 0 Å². The minimum absolute atomic E-state index is 0.733. The Balaban J connectivity index is 2.70. The molecule has 14 heavy (non-hydrogen) atoms. The molecular formula is C10H12BrCl2N. The lowest BCUT2D eigenvalue weighted by atomic mass is 10.2. The summed E-state index contributed by atoms with van der Waals surface area (Å²) in [5.74, 6) is 0. The van der Waals surface area contributed by atoms with Crippen molar-refractivity contribution in [3.63, 3.8) is 0 Å². The first-order chi connectivity index (χ1) is 6.63. The molecule has 0 unspecified atom stereocenters. The van der Waals surface area contributed by atoms with Gasteiger partial charge in [0.2, 0.25) is 0 Å². The van der Waals surface area contributed by atoms with Crippen LogP contribution in [0.3, 0.4) is 0 Å². The monoisotopic (exact) mass is 295 g/mol. The normalized spacial score (nSPS) is 10.9. The molecule has 0 bridgehead atoms. The van der Waals surface area contributed by atoms with Crippen LogP contribution in [0.25, 0.3) is 0 Å². The predicted octanol–water partition coefficient (Wildman–Crippen LogP) is 3.82. The molecule has 0 radical (unpaired) electrons. The molecule has 0 aliphatic carbocycles. The third-order valence-corrected chi connectivity index (χ3v) is 2.87. The van der Waals surface area contributed by atoms with E-state index in [-0.39, 0.29) is 0 Å². The molecule has 0 saturated carbocycles. The zero-order valence-electron chi connectivity index (χ0n) is 7.93. The Morgan fingerprint density at radius 3 is 2.71 bits per heavy atom. The van der Waals surface area contributed by atoms with Gasteiger partial charge in [-0.05, 0) is 30.8 Å². The van der Waals surface area contributed by atoms with Crippen LogP contribution in [0.5, 0.6) is 0 Å². The topological polar surface area (TPSA) is 3.24 Å². The van der Waals surface area contributed by atoms with E-state index in [1.165, 1.54) is 0 Å². The van der Waals surface area contributed by atoms with E-state index in [4.69, 9.17) is 23.2 Å². The van der Waals surface area contributed by atoms with E-state index in [1.54, 1.807) is 6.07 Å². The third kappa shape index (κ3) is 3.77. The molecule has 1 aromatic carbocycles. The summed E-state index contributed by atoms with van der Waals surface area (Å²) >= 11 is 15.3. The number of alkyl halides is 1. The fourth-order valence-corrected chi connectivity index (χ4v) is 2.16. The predicted molar refractivity (Wildman–Crippen MR) is 66.6 cm³/mol. The summed E-state index contributed by atoms with van der Waals surface area (Å²) in [4.78, 5) is 2.19. The van der Waals surface area contributed by atoms with Crippen molar-refractivity contribution in [2.45, 2.75) is 6.54 Å². The largest absolute Gasteiger partial charge is 0.301 e. The second kappa shape index (κ2) is 5.96. The zero-order chi connectivity index (χ0) is 10.6. The fraction of sp³-hybridized carbons (Fsp3) is 0.400. The molecule has 0 aliphatic rings. The van der Waals surface area contributed by atoms with E-state index in [2.05, 4.69) is 27.9 Å². The Morgan fingerprint density at radius 1 is 1.36 bits per heavy atom. The minimum atomic E-state index is 0.733. The summed E-state index contributed by atoms with van der Waals surface area (Å²) < 4.78 is 0. The number of hydrogen-bond donors (Lipinski definition) is 0. The van der Waals surface area contributed by atoms with E-state index >= 15 is 0 Å². The van der Waals surface area contributed by atoms with Crippen LogP contribution in [0.4, 0.5) is 0 Å². The molecule has 0 aliphatic heterocycles. The van der Waals surface area contributed by atoms with Gasteiger partial charge in [0.25, 0.3) is 0 Å². The molecule has 1 rings (SSSR count). The van der Waals surface area contributed by atoms with Crippen LogP contribution in [-0.2, 0) is 6.54 Å². The summed E-state index contributed by atoms with van der Waals surface area (Å²) in [5, 5.41) is 2.47. The van der Waals surface area contributed by atoms with Gasteiger partial charge in [0.15, 0.2) is 0 Å². The first kappa shape index (κ1) is 12.3. The maximum absolute atomic E-state index is 6.04. The number of nitrogens with zero attached hydrogens (tertiary/aromatic N) is 1. The van der Waals surface area contributed by atoms with E-state index in [1.807, 2.05) is 12.1 Å².